The van der Waals surface area contributed by atoms with E-state index < -0.39 is 0 Å². The van der Waals surface area contributed by atoms with Crippen LogP contribution in [0.3, 0.4) is 0 Å². The zero-order valence-corrected chi connectivity index (χ0v) is 11.4. The number of hydrogen-bond donors (Lipinski definition) is 1. The van der Waals surface area contributed by atoms with Crippen LogP contribution in [-0.4, -0.2) is 37.5 Å². The minimum atomic E-state index is 0.147. The van der Waals surface area contributed by atoms with Gasteiger partial charge in [0.2, 0.25) is 5.91 Å². The highest BCUT2D eigenvalue weighted by Crippen LogP contribution is 2.36. The Morgan fingerprint density at radius 2 is 2.11 bits per heavy atom. The molecular weight excluding hydrogens is 224 g/mol. The summed E-state index contributed by atoms with van der Waals surface area (Å²) in [6.07, 6.45) is 2.29. The predicted molar refractivity (Wildman–Crippen MR) is 73.6 cm³/mol. The van der Waals surface area contributed by atoms with Crippen molar-refractivity contribution in [3.8, 4) is 0 Å². The number of benzene rings is 1. The van der Waals surface area contributed by atoms with Gasteiger partial charge in [-0.2, -0.15) is 0 Å². The summed E-state index contributed by atoms with van der Waals surface area (Å²) in [6, 6.07) is 9.23. The fourth-order valence-electron chi connectivity index (χ4n) is 2.37. The summed E-state index contributed by atoms with van der Waals surface area (Å²) >= 11 is 0. The van der Waals surface area contributed by atoms with Gasteiger partial charge in [-0.15, -0.1) is 0 Å². The number of amides is 1. The van der Waals surface area contributed by atoms with Gasteiger partial charge in [0.1, 0.15) is 0 Å². The molecule has 2 rings (SSSR count). The van der Waals surface area contributed by atoms with Gasteiger partial charge in [-0.3, -0.25) is 4.79 Å². The first-order valence-electron chi connectivity index (χ1n) is 6.56. The van der Waals surface area contributed by atoms with Gasteiger partial charge in [-0.05, 0) is 31.2 Å². The molecule has 0 spiro atoms. The van der Waals surface area contributed by atoms with Crippen molar-refractivity contribution in [1.82, 2.24) is 10.2 Å². The molecule has 0 heterocycles. The first-order chi connectivity index (χ1) is 8.56. The monoisotopic (exact) mass is 246 g/mol. The van der Waals surface area contributed by atoms with E-state index in [2.05, 4.69) is 36.5 Å². The Bertz CT molecular complexity index is 422. The lowest BCUT2D eigenvalue weighted by molar-refractivity contribution is -0.128. The van der Waals surface area contributed by atoms with Gasteiger partial charge in [0.25, 0.3) is 0 Å². The molecule has 3 nitrogen and oxygen atoms in total. The van der Waals surface area contributed by atoms with Gasteiger partial charge in [0.15, 0.2) is 0 Å². The molecule has 1 aliphatic carbocycles. The van der Waals surface area contributed by atoms with E-state index in [0.29, 0.717) is 18.5 Å². The van der Waals surface area contributed by atoms with Gasteiger partial charge >= 0.3 is 0 Å². The van der Waals surface area contributed by atoms with E-state index in [1.165, 1.54) is 11.1 Å². The minimum absolute atomic E-state index is 0.147. The van der Waals surface area contributed by atoms with E-state index in [-0.39, 0.29) is 5.91 Å². The lowest BCUT2D eigenvalue weighted by atomic mass is 9.75. The molecule has 0 unspecified atom stereocenters. The summed E-state index contributed by atoms with van der Waals surface area (Å²) in [7, 11) is 3.58. The molecule has 0 radical (unpaired) electrons. The van der Waals surface area contributed by atoms with Crippen LogP contribution in [0.25, 0.3) is 0 Å². The third-order valence-electron chi connectivity index (χ3n) is 3.69. The second-order valence-electron chi connectivity index (χ2n) is 5.45. The molecule has 18 heavy (non-hydrogen) atoms. The first kappa shape index (κ1) is 13.1. The van der Waals surface area contributed by atoms with Crippen molar-refractivity contribution < 1.29 is 4.79 Å². The zero-order chi connectivity index (χ0) is 13.1. The Hall–Kier alpha value is -1.35. The lowest BCUT2D eigenvalue weighted by Crippen LogP contribution is -2.44. The van der Waals surface area contributed by atoms with Crippen LogP contribution in [0.2, 0.25) is 0 Å². The molecule has 0 atom stereocenters. The van der Waals surface area contributed by atoms with Crippen molar-refractivity contribution in [1.29, 1.82) is 0 Å². The van der Waals surface area contributed by atoms with Gasteiger partial charge in [0, 0.05) is 20.1 Å². The van der Waals surface area contributed by atoms with Crippen LogP contribution in [0.4, 0.5) is 0 Å². The number of nitrogens with one attached hydrogen (secondary N) is 1. The molecule has 1 fully saturated rings. The molecule has 0 aromatic heterocycles. The van der Waals surface area contributed by atoms with Gasteiger partial charge in [-0.25, -0.2) is 0 Å². The summed E-state index contributed by atoms with van der Waals surface area (Å²) in [5.74, 6) is 0.811. The molecular formula is C15H22N2O. The van der Waals surface area contributed by atoms with Crippen LogP contribution in [0, 0.1) is 6.92 Å². The average Bonchev–Trinajstić information content (AvgIpc) is 2.26. The SMILES string of the molecule is Cc1cccc(C2CC(NCC(=O)N(C)C)C2)c1. The summed E-state index contributed by atoms with van der Waals surface area (Å²) in [5, 5.41) is 3.32. The lowest BCUT2D eigenvalue weighted by Gasteiger charge is -2.36. The van der Waals surface area contributed by atoms with Gasteiger partial charge < -0.3 is 10.2 Å². The minimum Gasteiger partial charge on any atom is -0.348 e. The molecule has 0 aliphatic heterocycles. The highest BCUT2D eigenvalue weighted by atomic mass is 16.2. The van der Waals surface area contributed by atoms with E-state index in [9.17, 15) is 4.79 Å². The van der Waals surface area contributed by atoms with Crippen LogP contribution >= 0.6 is 0 Å². The number of likely N-dealkylation sites (N-methyl/N-ethyl adjacent to an activating group) is 1. The van der Waals surface area contributed by atoms with Crippen LogP contribution in [0.1, 0.15) is 29.9 Å². The topological polar surface area (TPSA) is 32.3 Å². The quantitative estimate of drug-likeness (QED) is 0.880. The molecule has 0 bridgehead atoms. The molecule has 3 heteroatoms. The van der Waals surface area contributed by atoms with Crippen molar-refractivity contribution in [2.45, 2.75) is 31.7 Å². The Kier molecular flexibility index (Phi) is 4.02. The summed E-state index contributed by atoms with van der Waals surface area (Å²) in [4.78, 5) is 13.1. The van der Waals surface area contributed by atoms with Crippen LogP contribution < -0.4 is 5.32 Å². The maximum atomic E-state index is 11.4. The number of aryl methyl sites for hydroxylation is 1. The maximum absolute atomic E-state index is 11.4. The molecule has 1 aromatic rings. The molecule has 1 saturated carbocycles. The Morgan fingerprint density at radius 1 is 1.39 bits per heavy atom. The number of carbonyl (C=O) groups excluding carboxylic acids is 1. The second kappa shape index (κ2) is 5.53. The summed E-state index contributed by atoms with van der Waals surface area (Å²) in [6.45, 7) is 2.59. The molecule has 0 saturated heterocycles. The fourth-order valence-corrected chi connectivity index (χ4v) is 2.37. The van der Waals surface area contributed by atoms with E-state index in [4.69, 9.17) is 0 Å². The number of rotatable bonds is 4. The maximum Gasteiger partial charge on any atom is 0.236 e. The number of nitrogens with zero attached hydrogens (tertiary/aromatic N) is 1. The van der Waals surface area contributed by atoms with Crippen LogP contribution in [0.15, 0.2) is 24.3 Å². The molecule has 98 valence electrons. The Morgan fingerprint density at radius 3 is 2.72 bits per heavy atom. The second-order valence-corrected chi connectivity index (χ2v) is 5.45. The van der Waals surface area contributed by atoms with Crippen molar-refractivity contribution in [2.24, 2.45) is 0 Å². The number of carbonyl (C=O) groups is 1. The van der Waals surface area contributed by atoms with E-state index in [1.807, 2.05) is 0 Å². The summed E-state index contributed by atoms with van der Waals surface area (Å²) < 4.78 is 0. The highest BCUT2D eigenvalue weighted by Gasteiger charge is 2.30. The van der Waals surface area contributed by atoms with Gasteiger partial charge in [-0.1, -0.05) is 29.8 Å². The van der Waals surface area contributed by atoms with E-state index in [0.717, 1.165) is 12.8 Å². The average molecular weight is 246 g/mol. The van der Waals surface area contributed by atoms with Crippen molar-refractivity contribution in [2.75, 3.05) is 20.6 Å². The molecule has 1 aromatic carbocycles. The summed E-state index contributed by atoms with van der Waals surface area (Å²) in [5.41, 5.74) is 2.76. The van der Waals surface area contributed by atoms with Crippen molar-refractivity contribution in [3.63, 3.8) is 0 Å². The van der Waals surface area contributed by atoms with E-state index >= 15 is 0 Å². The molecule has 1 aliphatic rings. The Labute approximate surface area is 109 Å². The van der Waals surface area contributed by atoms with E-state index in [1.54, 1.807) is 19.0 Å². The number of hydrogen-bond acceptors (Lipinski definition) is 2. The zero-order valence-electron chi connectivity index (χ0n) is 11.4. The van der Waals surface area contributed by atoms with Crippen LogP contribution in [0.5, 0.6) is 0 Å². The molecule has 1 N–H and O–H groups in total. The van der Waals surface area contributed by atoms with Crippen LogP contribution in [-0.2, 0) is 4.79 Å². The van der Waals surface area contributed by atoms with Crippen molar-refractivity contribution >= 4 is 5.91 Å². The smallest absolute Gasteiger partial charge is 0.236 e. The standard InChI is InChI=1S/C15H22N2O/c1-11-5-4-6-12(7-11)13-8-14(9-13)16-10-15(18)17(2)3/h4-7,13-14,16H,8-10H2,1-3H3. The largest absolute Gasteiger partial charge is 0.348 e. The highest BCUT2D eigenvalue weighted by molar-refractivity contribution is 5.77. The first-order valence-corrected chi connectivity index (χ1v) is 6.56. The normalized spacial score (nSPS) is 22.4. The predicted octanol–water partition coefficient (Wildman–Crippen LogP) is 1.92. The fraction of sp³-hybridized carbons (Fsp3) is 0.533. The third-order valence-corrected chi connectivity index (χ3v) is 3.69. The molecule has 1 amide bonds. The Balaban J connectivity index is 1.76. The third kappa shape index (κ3) is 3.10. The van der Waals surface area contributed by atoms with Gasteiger partial charge in [0.05, 0.1) is 6.54 Å². The van der Waals surface area contributed by atoms with Crippen molar-refractivity contribution in [3.05, 3.63) is 35.4 Å².